The van der Waals surface area contributed by atoms with E-state index in [9.17, 15) is 0 Å². The molecule has 20 heavy (non-hydrogen) atoms. The van der Waals surface area contributed by atoms with E-state index >= 15 is 0 Å². The lowest BCUT2D eigenvalue weighted by Gasteiger charge is -2.22. The van der Waals surface area contributed by atoms with Gasteiger partial charge in [0.2, 0.25) is 0 Å². The van der Waals surface area contributed by atoms with Gasteiger partial charge in [0.15, 0.2) is 11.5 Å². The summed E-state index contributed by atoms with van der Waals surface area (Å²) in [5.41, 5.74) is 7.66. The fourth-order valence-electron chi connectivity index (χ4n) is 3.60. The number of rotatable bonds is 6. The number of benzene rings is 1. The quantitative estimate of drug-likeness (QED) is 0.863. The Morgan fingerprint density at radius 2 is 1.70 bits per heavy atom. The van der Waals surface area contributed by atoms with Gasteiger partial charge in [0.05, 0.1) is 13.2 Å². The molecule has 3 heteroatoms. The summed E-state index contributed by atoms with van der Waals surface area (Å²) in [6.07, 6.45) is 4.06. The molecule has 0 heterocycles. The number of hydrogen-bond acceptors (Lipinski definition) is 3. The van der Waals surface area contributed by atoms with Crippen molar-refractivity contribution in [3.05, 3.63) is 23.8 Å². The second-order valence-electron chi connectivity index (χ2n) is 6.09. The smallest absolute Gasteiger partial charge is 0.161 e. The summed E-state index contributed by atoms with van der Waals surface area (Å²) in [7, 11) is 0. The molecule has 3 rings (SSSR count). The van der Waals surface area contributed by atoms with Crippen molar-refractivity contribution in [3.8, 4) is 11.5 Å². The molecule has 1 aromatic carbocycles. The third kappa shape index (κ3) is 2.64. The first-order chi connectivity index (χ1) is 9.72. The van der Waals surface area contributed by atoms with Crippen LogP contribution in [-0.4, -0.2) is 13.2 Å². The van der Waals surface area contributed by atoms with Crippen LogP contribution in [0.25, 0.3) is 0 Å². The molecule has 0 spiro atoms. The molecule has 1 aromatic rings. The Morgan fingerprint density at radius 3 is 2.35 bits per heavy atom. The van der Waals surface area contributed by atoms with Gasteiger partial charge in [0, 0.05) is 6.04 Å². The van der Waals surface area contributed by atoms with E-state index in [4.69, 9.17) is 15.2 Å². The minimum absolute atomic E-state index is 0.137. The zero-order chi connectivity index (χ0) is 14.1. The van der Waals surface area contributed by atoms with E-state index in [1.807, 2.05) is 19.9 Å². The average molecular weight is 275 g/mol. The van der Waals surface area contributed by atoms with Gasteiger partial charge in [0.1, 0.15) is 0 Å². The Labute approximate surface area is 121 Å². The Hall–Kier alpha value is -1.22. The van der Waals surface area contributed by atoms with Crippen molar-refractivity contribution in [3.63, 3.8) is 0 Å². The maximum absolute atomic E-state index is 6.48. The van der Waals surface area contributed by atoms with Crippen LogP contribution in [0.5, 0.6) is 11.5 Å². The van der Waals surface area contributed by atoms with E-state index < -0.39 is 0 Å². The minimum atomic E-state index is 0.137. The number of nitrogens with two attached hydrogens (primary N) is 1. The molecule has 0 aliphatic heterocycles. The van der Waals surface area contributed by atoms with Crippen LogP contribution < -0.4 is 15.2 Å². The summed E-state index contributed by atoms with van der Waals surface area (Å²) in [4.78, 5) is 0. The van der Waals surface area contributed by atoms with Gasteiger partial charge in [-0.1, -0.05) is 6.07 Å². The van der Waals surface area contributed by atoms with E-state index in [2.05, 4.69) is 12.1 Å². The van der Waals surface area contributed by atoms with Crippen LogP contribution in [-0.2, 0) is 0 Å². The van der Waals surface area contributed by atoms with E-state index in [1.54, 1.807) is 0 Å². The van der Waals surface area contributed by atoms with Crippen molar-refractivity contribution in [2.45, 2.75) is 39.2 Å². The first-order valence-corrected chi connectivity index (χ1v) is 7.88. The van der Waals surface area contributed by atoms with Crippen LogP contribution in [0, 0.1) is 17.8 Å². The van der Waals surface area contributed by atoms with Gasteiger partial charge in [-0.2, -0.15) is 0 Å². The van der Waals surface area contributed by atoms with Crippen LogP contribution in [0.3, 0.4) is 0 Å². The van der Waals surface area contributed by atoms with Crippen molar-refractivity contribution < 1.29 is 9.47 Å². The first-order valence-electron chi connectivity index (χ1n) is 7.88. The lowest BCUT2D eigenvalue weighted by Crippen LogP contribution is -2.20. The molecule has 2 N–H and O–H groups in total. The van der Waals surface area contributed by atoms with Crippen LogP contribution in [0.4, 0.5) is 0 Å². The Kier molecular flexibility index (Phi) is 3.88. The summed E-state index contributed by atoms with van der Waals surface area (Å²) in [6, 6.07) is 6.31. The van der Waals surface area contributed by atoms with E-state index in [1.165, 1.54) is 24.8 Å². The highest BCUT2D eigenvalue weighted by atomic mass is 16.5. The number of hydrogen-bond donors (Lipinski definition) is 1. The van der Waals surface area contributed by atoms with Crippen molar-refractivity contribution in [2.75, 3.05) is 13.2 Å². The fraction of sp³-hybridized carbons (Fsp3) is 0.647. The molecule has 110 valence electrons. The number of ether oxygens (including phenoxy) is 2. The summed E-state index contributed by atoms with van der Waals surface area (Å²) in [6.45, 7) is 5.27. The first kappa shape index (κ1) is 13.7. The predicted octanol–water partition coefficient (Wildman–Crippen LogP) is 3.53. The van der Waals surface area contributed by atoms with Crippen molar-refractivity contribution in [2.24, 2.45) is 23.5 Å². The van der Waals surface area contributed by atoms with Crippen LogP contribution in [0.2, 0.25) is 0 Å². The Balaban J connectivity index is 1.76. The van der Waals surface area contributed by atoms with Gasteiger partial charge in [0.25, 0.3) is 0 Å². The fourth-order valence-corrected chi connectivity index (χ4v) is 3.60. The summed E-state index contributed by atoms with van der Waals surface area (Å²) >= 11 is 0. The lowest BCUT2D eigenvalue weighted by atomic mass is 9.90. The second kappa shape index (κ2) is 5.65. The van der Waals surface area contributed by atoms with Gasteiger partial charge >= 0.3 is 0 Å². The molecule has 2 aliphatic carbocycles. The van der Waals surface area contributed by atoms with Gasteiger partial charge in [-0.15, -0.1) is 0 Å². The molecular weight excluding hydrogens is 250 g/mol. The van der Waals surface area contributed by atoms with Crippen LogP contribution in [0.1, 0.15) is 44.7 Å². The topological polar surface area (TPSA) is 44.5 Å². The highest BCUT2D eigenvalue weighted by Gasteiger charge is 2.47. The molecule has 3 nitrogen and oxygen atoms in total. The van der Waals surface area contributed by atoms with Gasteiger partial charge in [-0.3, -0.25) is 0 Å². The minimum Gasteiger partial charge on any atom is -0.490 e. The van der Waals surface area contributed by atoms with Gasteiger partial charge in [-0.05, 0) is 68.6 Å². The van der Waals surface area contributed by atoms with Gasteiger partial charge in [-0.25, -0.2) is 0 Å². The highest BCUT2D eigenvalue weighted by Crippen LogP contribution is 2.56. The number of fused-ring (bicyclic) bond motifs is 1. The zero-order valence-corrected chi connectivity index (χ0v) is 12.5. The molecule has 2 aliphatic rings. The summed E-state index contributed by atoms with van der Waals surface area (Å²) in [5, 5.41) is 0. The molecular formula is C17H25NO2. The zero-order valence-electron chi connectivity index (χ0n) is 12.5. The van der Waals surface area contributed by atoms with Crippen LogP contribution in [0.15, 0.2) is 18.2 Å². The molecule has 2 saturated carbocycles. The molecule has 0 amide bonds. The molecule has 3 atom stereocenters. The third-order valence-corrected chi connectivity index (χ3v) is 4.74. The van der Waals surface area contributed by atoms with Crippen molar-refractivity contribution in [1.82, 2.24) is 0 Å². The van der Waals surface area contributed by atoms with Gasteiger partial charge < -0.3 is 15.2 Å². The molecule has 0 radical (unpaired) electrons. The maximum atomic E-state index is 6.48. The highest BCUT2D eigenvalue weighted by molar-refractivity contribution is 5.44. The monoisotopic (exact) mass is 275 g/mol. The van der Waals surface area contributed by atoms with Crippen molar-refractivity contribution >= 4 is 0 Å². The largest absolute Gasteiger partial charge is 0.490 e. The molecule has 2 fully saturated rings. The Morgan fingerprint density at radius 1 is 1.05 bits per heavy atom. The van der Waals surface area contributed by atoms with E-state index in [0.29, 0.717) is 19.1 Å². The summed E-state index contributed by atoms with van der Waals surface area (Å²) < 4.78 is 11.3. The van der Waals surface area contributed by atoms with Crippen molar-refractivity contribution in [1.29, 1.82) is 0 Å². The standard InChI is InChI=1S/C17H25NO2/c1-3-19-15-6-5-11(10-16(15)20-4-2)17(18)14-8-12-7-13(12)9-14/h5-6,10,12-14,17H,3-4,7-9,18H2,1-2H3. The SMILES string of the molecule is CCOc1ccc(C(N)C2CC3CC3C2)cc1OCC. The van der Waals surface area contributed by atoms with Crippen LogP contribution >= 0.6 is 0 Å². The second-order valence-corrected chi connectivity index (χ2v) is 6.09. The Bertz CT molecular complexity index is 464. The third-order valence-electron chi connectivity index (χ3n) is 4.74. The maximum Gasteiger partial charge on any atom is 0.161 e. The van der Waals surface area contributed by atoms with E-state index in [0.717, 1.165) is 23.3 Å². The molecule has 0 bridgehead atoms. The summed E-state index contributed by atoms with van der Waals surface area (Å²) in [5.74, 6) is 4.23. The molecule has 0 aromatic heterocycles. The van der Waals surface area contributed by atoms with E-state index in [-0.39, 0.29) is 6.04 Å². The predicted molar refractivity (Wildman–Crippen MR) is 80.0 cm³/mol. The molecule has 3 unspecified atom stereocenters. The average Bonchev–Trinajstić information content (AvgIpc) is 3.07. The lowest BCUT2D eigenvalue weighted by molar-refractivity contribution is 0.286. The normalized spacial score (nSPS) is 28.9. The molecule has 0 saturated heterocycles.